The van der Waals surface area contributed by atoms with E-state index in [1.807, 2.05) is 38.3 Å². The Balaban J connectivity index is 1.92. The molecule has 2 aromatic rings. The Morgan fingerprint density at radius 2 is 2.16 bits per heavy atom. The first-order valence-corrected chi connectivity index (χ1v) is 8.97. The van der Waals surface area contributed by atoms with Crippen LogP contribution in [0, 0.1) is 5.92 Å². The van der Waals surface area contributed by atoms with Gasteiger partial charge in [0.2, 0.25) is 5.95 Å². The molecule has 7 nitrogen and oxygen atoms in total. The lowest BCUT2D eigenvalue weighted by Gasteiger charge is -2.17. The van der Waals surface area contributed by atoms with Crippen molar-refractivity contribution in [2.45, 2.75) is 26.3 Å². The number of nitrogens with zero attached hydrogens (tertiary/aromatic N) is 4. The molecule has 0 unspecified atom stereocenters. The van der Waals surface area contributed by atoms with Crippen molar-refractivity contribution in [2.24, 2.45) is 5.92 Å². The number of rotatable bonds is 10. The smallest absolute Gasteiger partial charge is 0.201 e. The van der Waals surface area contributed by atoms with E-state index in [0.29, 0.717) is 18.6 Å². The predicted octanol–water partition coefficient (Wildman–Crippen LogP) is 2.36. The summed E-state index contributed by atoms with van der Waals surface area (Å²) in [5.41, 5.74) is 12.1. The molecular weight excluding hydrogens is 336 g/mol. The van der Waals surface area contributed by atoms with Crippen molar-refractivity contribution in [1.29, 1.82) is 0 Å². The minimum atomic E-state index is 0.489. The summed E-state index contributed by atoms with van der Waals surface area (Å²) >= 11 is 4.36. The molecule has 1 aromatic heterocycles. The third-order valence-corrected chi connectivity index (χ3v) is 4.51. The van der Waals surface area contributed by atoms with Crippen molar-refractivity contribution >= 4 is 35.5 Å². The zero-order valence-electron chi connectivity index (χ0n) is 15.6. The fraction of sp³-hybridized carbons (Fsp3) is 0.588. The van der Waals surface area contributed by atoms with Crippen LogP contribution in [0.2, 0.25) is 0 Å². The molecule has 3 N–H and O–H groups in total. The van der Waals surface area contributed by atoms with Gasteiger partial charge in [-0.1, -0.05) is 19.7 Å². The molecule has 0 aliphatic rings. The molecule has 0 fully saturated rings. The zero-order chi connectivity index (χ0) is 18.4. The second-order valence-electron chi connectivity index (χ2n) is 6.48. The van der Waals surface area contributed by atoms with E-state index in [-0.39, 0.29) is 0 Å². The first-order chi connectivity index (χ1) is 11.9. The normalized spacial score (nSPS) is 12.9. The Morgan fingerprint density at radius 1 is 1.40 bits per heavy atom. The van der Waals surface area contributed by atoms with Crippen LogP contribution in [-0.2, 0) is 11.3 Å². The van der Waals surface area contributed by atoms with Crippen LogP contribution < -0.4 is 15.5 Å². The number of nitrogens with two attached hydrogens (primary N) is 1. The minimum absolute atomic E-state index is 0.489. The Hall–Kier alpha value is -1.48. The highest BCUT2D eigenvalue weighted by molar-refractivity contribution is 7.81. The first-order valence-electron chi connectivity index (χ1n) is 8.57. The summed E-state index contributed by atoms with van der Waals surface area (Å²) < 4.78 is 9.49. The van der Waals surface area contributed by atoms with Gasteiger partial charge < -0.3 is 19.3 Å². The van der Waals surface area contributed by atoms with Crippen LogP contribution in [0.15, 0.2) is 18.2 Å². The number of benzene rings is 1. The Kier molecular flexibility index (Phi) is 7.37. The number of hydrogen-bond acceptors (Lipinski definition) is 7. The summed E-state index contributed by atoms with van der Waals surface area (Å²) in [5, 5.41) is 1.90. The molecule has 2 rings (SSSR count). The summed E-state index contributed by atoms with van der Waals surface area (Å²) in [7, 11) is 5.73. The maximum absolute atomic E-state index is 6.13. The van der Waals surface area contributed by atoms with Crippen LogP contribution in [0.3, 0.4) is 0 Å². The largest absolute Gasteiger partial charge is 0.369 e. The maximum atomic E-state index is 6.13. The van der Waals surface area contributed by atoms with Crippen molar-refractivity contribution in [2.75, 3.05) is 44.5 Å². The quantitative estimate of drug-likeness (QED) is 0.259. The number of nitrogens with one attached hydrogen (secondary N) is 1. The van der Waals surface area contributed by atoms with E-state index in [2.05, 4.69) is 40.8 Å². The molecular formula is C17H30N6OS. The predicted molar refractivity (Wildman–Crippen MR) is 108 cm³/mol. The van der Waals surface area contributed by atoms with Gasteiger partial charge in [0.05, 0.1) is 11.0 Å². The van der Waals surface area contributed by atoms with Gasteiger partial charge in [-0.25, -0.2) is 9.99 Å². The van der Waals surface area contributed by atoms with Gasteiger partial charge in [0, 0.05) is 32.9 Å². The van der Waals surface area contributed by atoms with E-state index in [1.165, 1.54) is 0 Å². The highest BCUT2D eigenvalue weighted by Crippen LogP contribution is 2.25. The van der Waals surface area contributed by atoms with Crippen molar-refractivity contribution in [3.05, 3.63) is 18.2 Å². The molecule has 25 heavy (non-hydrogen) atoms. The summed E-state index contributed by atoms with van der Waals surface area (Å²) in [6.45, 7) is 4.42. The van der Waals surface area contributed by atoms with E-state index < -0.39 is 0 Å². The van der Waals surface area contributed by atoms with Gasteiger partial charge >= 0.3 is 0 Å². The highest BCUT2D eigenvalue weighted by Gasteiger charge is 2.12. The molecule has 1 heterocycles. The van der Waals surface area contributed by atoms with Crippen LogP contribution in [0.25, 0.3) is 11.0 Å². The SMILES string of the molecule is CNN(C)COCCC[C@@H](C)Cn1c(N)nc2ccc(N(C)S)cc21. The molecule has 1 atom stereocenters. The van der Waals surface area contributed by atoms with Crippen LogP contribution in [-0.4, -0.2) is 49.0 Å². The number of hydrazine groups is 1. The van der Waals surface area contributed by atoms with Gasteiger partial charge in [0.15, 0.2) is 0 Å². The van der Waals surface area contributed by atoms with E-state index in [9.17, 15) is 0 Å². The van der Waals surface area contributed by atoms with Crippen molar-refractivity contribution in [1.82, 2.24) is 20.0 Å². The Bertz CT molecular complexity index is 674. The average molecular weight is 367 g/mol. The monoisotopic (exact) mass is 366 g/mol. The lowest BCUT2D eigenvalue weighted by Crippen LogP contribution is -2.32. The number of thiol groups is 1. The van der Waals surface area contributed by atoms with Gasteiger partial charge in [-0.2, -0.15) is 0 Å². The maximum Gasteiger partial charge on any atom is 0.201 e. The third-order valence-electron chi connectivity index (χ3n) is 4.28. The number of nitrogen functional groups attached to an aromatic ring is 1. The average Bonchev–Trinajstić information content (AvgIpc) is 2.89. The van der Waals surface area contributed by atoms with Crippen LogP contribution in [0.1, 0.15) is 19.8 Å². The van der Waals surface area contributed by atoms with Crippen molar-refractivity contribution in [3.63, 3.8) is 0 Å². The number of hydrogen-bond donors (Lipinski definition) is 3. The minimum Gasteiger partial charge on any atom is -0.369 e. The van der Waals surface area contributed by atoms with Crippen LogP contribution in [0.5, 0.6) is 0 Å². The van der Waals surface area contributed by atoms with E-state index in [4.69, 9.17) is 10.5 Å². The Labute approximate surface area is 155 Å². The molecule has 1 aromatic carbocycles. The van der Waals surface area contributed by atoms with Gasteiger partial charge in [-0.05, 0) is 44.0 Å². The number of anilines is 2. The lowest BCUT2D eigenvalue weighted by molar-refractivity contribution is 0.0183. The van der Waals surface area contributed by atoms with E-state index >= 15 is 0 Å². The van der Waals surface area contributed by atoms with Gasteiger partial charge in [0.25, 0.3) is 0 Å². The Morgan fingerprint density at radius 3 is 2.84 bits per heavy atom. The molecule has 8 heteroatoms. The summed E-state index contributed by atoms with van der Waals surface area (Å²) in [4.78, 5) is 4.47. The third kappa shape index (κ3) is 5.50. The summed E-state index contributed by atoms with van der Waals surface area (Å²) in [6, 6.07) is 6.06. The molecule has 0 spiro atoms. The molecule has 0 saturated heterocycles. The molecule has 0 saturated carbocycles. The van der Waals surface area contributed by atoms with Gasteiger partial charge in [0.1, 0.15) is 6.73 Å². The highest BCUT2D eigenvalue weighted by atomic mass is 32.1. The van der Waals surface area contributed by atoms with E-state index in [1.54, 1.807) is 4.31 Å². The second kappa shape index (κ2) is 9.28. The van der Waals surface area contributed by atoms with Gasteiger partial charge in [-0.15, -0.1) is 0 Å². The molecule has 0 aliphatic heterocycles. The zero-order valence-corrected chi connectivity index (χ0v) is 16.5. The fourth-order valence-corrected chi connectivity index (χ4v) is 2.85. The van der Waals surface area contributed by atoms with E-state index in [0.717, 1.165) is 42.7 Å². The topological polar surface area (TPSA) is 71.6 Å². The van der Waals surface area contributed by atoms with Crippen molar-refractivity contribution in [3.8, 4) is 0 Å². The molecule has 0 aliphatic carbocycles. The number of imidazole rings is 1. The number of ether oxygens (including phenoxy) is 1. The first kappa shape index (κ1) is 19.8. The summed E-state index contributed by atoms with van der Waals surface area (Å²) in [5.74, 6) is 1.05. The molecule has 0 bridgehead atoms. The van der Waals surface area contributed by atoms with Crippen molar-refractivity contribution < 1.29 is 4.74 Å². The van der Waals surface area contributed by atoms with Crippen LogP contribution in [0.4, 0.5) is 11.6 Å². The van der Waals surface area contributed by atoms with Crippen LogP contribution >= 0.6 is 12.8 Å². The number of fused-ring (bicyclic) bond motifs is 1. The fourth-order valence-electron chi connectivity index (χ4n) is 2.73. The second-order valence-corrected chi connectivity index (χ2v) is 7.08. The summed E-state index contributed by atoms with van der Waals surface area (Å²) in [6.07, 6.45) is 2.10. The lowest BCUT2D eigenvalue weighted by atomic mass is 10.1. The molecule has 0 amide bonds. The molecule has 0 radical (unpaired) electrons. The number of aromatic nitrogens is 2. The standard InChI is InChI=1S/C17H30N6OS/c1-13(6-5-9-24-12-21(3)19-2)11-23-16-10-14(22(4)25)7-8-15(16)20-17(23)18/h7-8,10,13,19,25H,5-6,9,11-12H2,1-4H3,(H2,18,20)/t13-/m1/s1. The molecule has 140 valence electrons. The van der Waals surface area contributed by atoms with Gasteiger partial charge in [-0.3, -0.25) is 5.43 Å².